The summed E-state index contributed by atoms with van der Waals surface area (Å²) in [6.07, 6.45) is 0. The van der Waals surface area contributed by atoms with Gasteiger partial charge in [0, 0.05) is 22.8 Å². The fraction of sp³-hybridized carbons (Fsp3) is 0.200. The Bertz CT molecular complexity index is 566. The van der Waals surface area contributed by atoms with E-state index in [1.54, 1.807) is 13.2 Å². The van der Waals surface area contributed by atoms with Crippen molar-refractivity contribution in [1.29, 1.82) is 0 Å². The first-order valence-electron chi connectivity index (χ1n) is 5.92. The van der Waals surface area contributed by atoms with Crippen molar-refractivity contribution < 1.29 is 9.13 Å². The van der Waals surface area contributed by atoms with Crippen LogP contribution in [0.5, 0.6) is 5.75 Å². The number of methoxy groups -OCH3 is 1. The van der Waals surface area contributed by atoms with Gasteiger partial charge in [0.05, 0.1) is 7.11 Å². The first kappa shape index (κ1) is 13.7. The number of hydrogen-bond acceptors (Lipinski definition) is 2. The Hall–Kier alpha value is -1.74. The van der Waals surface area contributed by atoms with Crippen molar-refractivity contribution >= 4 is 17.3 Å². The number of benzene rings is 2. The average Bonchev–Trinajstić information content (AvgIpc) is 2.35. The minimum Gasteiger partial charge on any atom is -0.496 e. The average molecular weight is 280 g/mol. The predicted octanol–water partition coefficient (Wildman–Crippen LogP) is 4.41. The Kier molecular flexibility index (Phi) is 4.27. The summed E-state index contributed by atoms with van der Waals surface area (Å²) in [4.78, 5) is 0. The molecule has 0 heterocycles. The quantitative estimate of drug-likeness (QED) is 0.895. The number of hydrogen-bond donors (Lipinski definition) is 1. The summed E-state index contributed by atoms with van der Waals surface area (Å²) in [5.74, 6) is 0.505. The molecule has 0 radical (unpaired) electrons. The van der Waals surface area contributed by atoms with E-state index < -0.39 is 0 Å². The molecule has 0 aliphatic rings. The molecule has 0 unspecified atom stereocenters. The highest BCUT2D eigenvalue weighted by Gasteiger charge is 2.04. The smallest absolute Gasteiger partial charge is 0.125 e. The second kappa shape index (κ2) is 5.93. The molecular weight excluding hydrogens is 265 g/mol. The Balaban J connectivity index is 2.16. The van der Waals surface area contributed by atoms with Crippen LogP contribution in [-0.4, -0.2) is 7.11 Å². The lowest BCUT2D eigenvalue weighted by atomic mass is 10.1. The van der Waals surface area contributed by atoms with E-state index in [1.165, 1.54) is 12.1 Å². The first-order chi connectivity index (χ1) is 9.08. The monoisotopic (exact) mass is 279 g/mol. The topological polar surface area (TPSA) is 21.3 Å². The van der Waals surface area contributed by atoms with Gasteiger partial charge in [0.1, 0.15) is 11.6 Å². The summed E-state index contributed by atoms with van der Waals surface area (Å²) in [5.41, 5.74) is 2.54. The minimum absolute atomic E-state index is 0.249. The highest BCUT2D eigenvalue weighted by atomic mass is 35.5. The van der Waals surface area contributed by atoms with E-state index in [1.807, 2.05) is 25.1 Å². The summed E-state index contributed by atoms with van der Waals surface area (Å²) in [5, 5.41) is 3.81. The molecule has 4 heteroatoms. The van der Waals surface area contributed by atoms with Crippen molar-refractivity contribution in [2.45, 2.75) is 13.5 Å². The molecule has 2 nitrogen and oxygen atoms in total. The van der Waals surface area contributed by atoms with Gasteiger partial charge in [0.15, 0.2) is 0 Å². The molecule has 0 aromatic heterocycles. The molecule has 19 heavy (non-hydrogen) atoms. The molecule has 0 aliphatic carbocycles. The maximum atomic E-state index is 13.3. The third-order valence-corrected chi connectivity index (χ3v) is 3.00. The van der Waals surface area contributed by atoms with E-state index in [2.05, 4.69) is 5.32 Å². The number of ether oxygens (including phenoxy) is 1. The first-order valence-corrected chi connectivity index (χ1v) is 6.30. The van der Waals surface area contributed by atoms with E-state index >= 15 is 0 Å². The lowest BCUT2D eigenvalue weighted by molar-refractivity contribution is 0.410. The molecule has 2 aromatic rings. The lowest BCUT2D eigenvalue weighted by Crippen LogP contribution is -2.02. The number of aryl methyl sites for hydroxylation is 1. The zero-order valence-corrected chi connectivity index (χ0v) is 11.6. The van der Waals surface area contributed by atoms with Gasteiger partial charge in [0.2, 0.25) is 0 Å². The van der Waals surface area contributed by atoms with Crippen LogP contribution < -0.4 is 10.1 Å². The predicted molar refractivity (Wildman–Crippen MR) is 76.5 cm³/mol. The molecule has 2 aromatic carbocycles. The van der Waals surface area contributed by atoms with Crippen molar-refractivity contribution in [3.05, 3.63) is 58.4 Å². The van der Waals surface area contributed by atoms with E-state index in [9.17, 15) is 4.39 Å². The molecule has 0 aliphatic heterocycles. The van der Waals surface area contributed by atoms with Gasteiger partial charge in [-0.1, -0.05) is 11.6 Å². The molecule has 100 valence electrons. The van der Waals surface area contributed by atoms with Crippen LogP contribution in [0.3, 0.4) is 0 Å². The van der Waals surface area contributed by atoms with Gasteiger partial charge < -0.3 is 10.1 Å². The van der Waals surface area contributed by atoms with Gasteiger partial charge in [-0.2, -0.15) is 0 Å². The number of rotatable bonds is 4. The maximum absolute atomic E-state index is 13.3. The molecule has 0 spiro atoms. The SMILES string of the molecule is COc1ccc(Cl)cc1CNc1cc(C)cc(F)c1. The molecule has 0 saturated carbocycles. The normalized spacial score (nSPS) is 10.3. The highest BCUT2D eigenvalue weighted by molar-refractivity contribution is 6.30. The molecule has 0 amide bonds. The molecule has 0 saturated heterocycles. The second-order valence-corrected chi connectivity index (χ2v) is 4.76. The van der Waals surface area contributed by atoms with Crippen molar-refractivity contribution in [2.75, 3.05) is 12.4 Å². The third kappa shape index (κ3) is 3.61. The number of nitrogens with one attached hydrogen (secondary N) is 1. The van der Waals surface area contributed by atoms with Gasteiger partial charge in [-0.15, -0.1) is 0 Å². The van der Waals surface area contributed by atoms with E-state index in [-0.39, 0.29) is 5.82 Å². The van der Waals surface area contributed by atoms with E-state index in [0.29, 0.717) is 11.6 Å². The third-order valence-electron chi connectivity index (χ3n) is 2.77. The van der Waals surface area contributed by atoms with Gasteiger partial charge in [-0.05, 0) is 48.9 Å². The van der Waals surface area contributed by atoms with Crippen LogP contribution in [0, 0.1) is 12.7 Å². The molecule has 0 fully saturated rings. The molecular formula is C15H15ClFNO. The maximum Gasteiger partial charge on any atom is 0.125 e. The lowest BCUT2D eigenvalue weighted by Gasteiger charge is -2.11. The van der Waals surface area contributed by atoms with Crippen LogP contribution in [0.25, 0.3) is 0 Å². The van der Waals surface area contributed by atoms with Crippen molar-refractivity contribution in [1.82, 2.24) is 0 Å². The molecule has 2 rings (SSSR count). The van der Waals surface area contributed by atoms with E-state index in [4.69, 9.17) is 16.3 Å². The van der Waals surface area contributed by atoms with Crippen LogP contribution in [0.1, 0.15) is 11.1 Å². The van der Waals surface area contributed by atoms with Gasteiger partial charge in [-0.25, -0.2) is 4.39 Å². The zero-order chi connectivity index (χ0) is 13.8. The van der Waals surface area contributed by atoms with Crippen molar-refractivity contribution in [3.63, 3.8) is 0 Å². The Morgan fingerprint density at radius 3 is 2.68 bits per heavy atom. The van der Waals surface area contributed by atoms with Crippen LogP contribution >= 0.6 is 11.6 Å². The van der Waals surface area contributed by atoms with E-state index in [0.717, 1.165) is 22.6 Å². The minimum atomic E-state index is -0.249. The number of anilines is 1. The van der Waals surface area contributed by atoms with Crippen LogP contribution in [0.2, 0.25) is 5.02 Å². The van der Waals surface area contributed by atoms with Gasteiger partial charge >= 0.3 is 0 Å². The summed E-state index contributed by atoms with van der Waals surface area (Å²) < 4.78 is 18.5. The van der Waals surface area contributed by atoms with Gasteiger partial charge in [0.25, 0.3) is 0 Å². The Morgan fingerprint density at radius 2 is 2.00 bits per heavy atom. The zero-order valence-electron chi connectivity index (χ0n) is 10.8. The fourth-order valence-corrected chi connectivity index (χ4v) is 2.12. The van der Waals surface area contributed by atoms with Crippen LogP contribution in [-0.2, 0) is 6.54 Å². The molecule has 0 atom stereocenters. The summed E-state index contributed by atoms with van der Waals surface area (Å²) in [6, 6.07) is 10.3. The molecule has 0 bridgehead atoms. The molecule has 1 N–H and O–H groups in total. The Labute approximate surface area is 117 Å². The highest BCUT2D eigenvalue weighted by Crippen LogP contribution is 2.24. The summed E-state index contributed by atoms with van der Waals surface area (Å²) in [6.45, 7) is 2.38. The fourth-order valence-electron chi connectivity index (χ4n) is 1.92. The van der Waals surface area contributed by atoms with Crippen LogP contribution in [0.15, 0.2) is 36.4 Å². The van der Waals surface area contributed by atoms with Gasteiger partial charge in [-0.3, -0.25) is 0 Å². The van der Waals surface area contributed by atoms with Crippen molar-refractivity contribution in [2.24, 2.45) is 0 Å². The largest absolute Gasteiger partial charge is 0.496 e. The number of halogens is 2. The second-order valence-electron chi connectivity index (χ2n) is 4.33. The Morgan fingerprint density at radius 1 is 1.21 bits per heavy atom. The summed E-state index contributed by atoms with van der Waals surface area (Å²) in [7, 11) is 1.61. The standard InChI is InChI=1S/C15H15ClFNO/c1-10-5-13(17)8-14(6-10)18-9-11-7-12(16)3-4-15(11)19-2/h3-8,18H,9H2,1-2H3. The summed E-state index contributed by atoms with van der Waals surface area (Å²) >= 11 is 5.96. The van der Waals surface area contributed by atoms with Crippen molar-refractivity contribution in [3.8, 4) is 5.75 Å². The van der Waals surface area contributed by atoms with Crippen LogP contribution in [0.4, 0.5) is 10.1 Å².